The van der Waals surface area contributed by atoms with Gasteiger partial charge in [0.2, 0.25) is 0 Å². The lowest BCUT2D eigenvalue weighted by Gasteiger charge is -2.31. The molecule has 1 aromatic carbocycles. The van der Waals surface area contributed by atoms with Crippen molar-refractivity contribution in [1.82, 2.24) is 16.0 Å². The molecule has 0 bridgehead atoms. The Kier molecular flexibility index (Phi) is 4.74. The lowest BCUT2D eigenvalue weighted by Crippen LogP contribution is -2.59. The fourth-order valence-corrected chi connectivity index (χ4v) is 4.40. The zero-order valence-corrected chi connectivity index (χ0v) is 16.1. The molecule has 4 amide bonds. The average molecular weight is 370 g/mol. The standard InChI is InChI=1S/C21H30N4O2/c1-15-7-9-17(10-8-15)23-19(27)25-21(13-14-21)20(11-12-20)24-18(26)22-16-5-3-2-4-6-16/h7-10,16H,2-6,11-14H2,1H3,(H2,22,24,26)(H2,23,25,27). The zero-order valence-electron chi connectivity index (χ0n) is 16.1. The molecule has 4 N–H and O–H groups in total. The molecule has 3 aliphatic rings. The van der Waals surface area contributed by atoms with Gasteiger partial charge in [-0.05, 0) is 57.6 Å². The summed E-state index contributed by atoms with van der Waals surface area (Å²) >= 11 is 0. The third-order valence-electron chi connectivity index (χ3n) is 6.37. The number of amides is 4. The van der Waals surface area contributed by atoms with E-state index in [0.717, 1.165) is 49.8 Å². The smallest absolute Gasteiger partial charge is 0.319 e. The highest BCUT2D eigenvalue weighted by atomic mass is 16.2. The third kappa shape index (κ3) is 4.04. The first-order valence-electron chi connectivity index (χ1n) is 10.2. The Morgan fingerprint density at radius 2 is 1.41 bits per heavy atom. The van der Waals surface area contributed by atoms with Crippen molar-refractivity contribution in [2.45, 2.75) is 81.8 Å². The molecule has 0 radical (unpaired) electrons. The van der Waals surface area contributed by atoms with Crippen molar-refractivity contribution in [2.75, 3.05) is 5.32 Å². The summed E-state index contributed by atoms with van der Waals surface area (Å²) in [6.45, 7) is 2.02. The topological polar surface area (TPSA) is 82.3 Å². The van der Waals surface area contributed by atoms with Crippen LogP contribution in [0.5, 0.6) is 0 Å². The number of aryl methyl sites for hydroxylation is 1. The average Bonchev–Trinajstić information content (AvgIpc) is 3.55. The van der Waals surface area contributed by atoms with Crippen molar-refractivity contribution in [3.63, 3.8) is 0 Å². The van der Waals surface area contributed by atoms with Gasteiger partial charge in [0.1, 0.15) is 0 Å². The van der Waals surface area contributed by atoms with E-state index >= 15 is 0 Å². The summed E-state index contributed by atoms with van der Waals surface area (Å²) in [4.78, 5) is 25.0. The maximum absolute atomic E-state index is 12.5. The second-order valence-corrected chi connectivity index (χ2v) is 8.54. The van der Waals surface area contributed by atoms with E-state index in [2.05, 4.69) is 21.3 Å². The molecule has 6 heteroatoms. The molecule has 4 rings (SSSR count). The number of rotatable bonds is 5. The van der Waals surface area contributed by atoms with Crippen LogP contribution in [-0.4, -0.2) is 29.2 Å². The Bertz CT molecular complexity index is 701. The van der Waals surface area contributed by atoms with Gasteiger partial charge >= 0.3 is 12.1 Å². The van der Waals surface area contributed by atoms with Crippen molar-refractivity contribution < 1.29 is 9.59 Å². The second-order valence-electron chi connectivity index (χ2n) is 8.54. The van der Waals surface area contributed by atoms with Crippen molar-refractivity contribution in [1.29, 1.82) is 0 Å². The first kappa shape index (κ1) is 18.1. The van der Waals surface area contributed by atoms with Gasteiger partial charge in [0.25, 0.3) is 0 Å². The molecule has 3 aliphatic carbocycles. The highest BCUT2D eigenvalue weighted by molar-refractivity contribution is 5.90. The summed E-state index contributed by atoms with van der Waals surface area (Å²) < 4.78 is 0. The molecule has 6 nitrogen and oxygen atoms in total. The van der Waals surface area contributed by atoms with Crippen LogP contribution >= 0.6 is 0 Å². The molecule has 0 unspecified atom stereocenters. The Hall–Kier alpha value is -2.24. The van der Waals surface area contributed by atoms with Crippen molar-refractivity contribution in [3.05, 3.63) is 29.8 Å². The molecule has 0 atom stereocenters. The fourth-order valence-electron chi connectivity index (χ4n) is 4.40. The first-order chi connectivity index (χ1) is 13.0. The number of anilines is 1. The van der Waals surface area contributed by atoms with Gasteiger partial charge in [0.15, 0.2) is 0 Å². The highest BCUT2D eigenvalue weighted by Crippen LogP contribution is 2.57. The van der Waals surface area contributed by atoms with Crippen LogP contribution in [0.15, 0.2) is 24.3 Å². The van der Waals surface area contributed by atoms with Crippen molar-refractivity contribution in [3.8, 4) is 0 Å². The van der Waals surface area contributed by atoms with Crippen molar-refractivity contribution >= 4 is 17.7 Å². The number of carbonyl (C=O) groups is 2. The van der Waals surface area contributed by atoms with E-state index in [0.29, 0.717) is 6.04 Å². The summed E-state index contributed by atoms with van der Waals surface area (Å²) in [5.74, 6) is 0. The Morgan fingerprint density at radius 3 is 1.96 bits per heavy atom. The molecule has 0 aliphatic heterocycles. The molecule has 0 spiro atoms. The quantitative estimate of drug-likeness (QED) is 0.636. The summed E-state index contributed by atoms with van der Waals surface area (Å²) in [6, 6.07) is 7.77. The molecule has 0 aromatic heterocycles. The first-order valence-corrected chi connectivity index (χ1v) is 10.2. The molecule has 3 fully saturated rings. The molecule has 0 heterocycles. The highest BCUT2D eigenvalue weighted by Gasteiger charge is 2.67. The maximum atomic E-state index is 12.5. The molecule has 0 saturated heterocycles. The van der Waals surface area contributed by atoms with Gasteiger partial charge in [-0.25, -0.2) is 9.59 Å². The normalized spacial score (nSPS) is 22.4. The Morgan fingerprint density at radius 1 is 0.852 bits per heavy atom. The Balaban J connectivity index is 1.32. The molecular formula is C21H30N4O2. The minimum absolute atomic E-state index is 0.0774. The molecule has 1 aromatic rings. The lowest BCUT2D eigenvalue weighted by atomic mass is 9.95. The van der Waals surface area contributed by atoms with E-state index in [9.17, 15) is 9.59 Å². The van der Waals surface area contributed by atoms with Gasteiger partial charge in [0.05, 0.1) is 11.1 Å². The van der Waals surface area contributed by atoms with Gasteiger partial charge < -0.3 is 21.3 Å². The van der Waals surface area contributed by atoms with Crippen LogP contribution in [-0.2, 0) is 0 Å². The fraction of sp³-hybridized carbons (Fsp3) is 0.619. The summed E-state index contributed by atoms with van der Waals surface area (Å²) in [5, 5.41) is 12.4. The predicted molar refractivity (Wildman–Crippen MR) is 106 cm³/mol. The van der Waals surface area contributed by atoms with Gasteiger partial charge in [-0.1, -0.05) is 37.0 Å². The van der Waals surface area contributed by atoms with Crippen LogP contribution in [0.1, 0.15) is 63.4 Å². The Labute approximate surface area is 160 Å². The molecule has 3 saturated carbocycles. The van der Waals surface area contributed by atoms with Gasteiger partial charge in [0, 0.05) is 11.7 Å². The number of nitrogens with one attached hydrogen (secondary N) is 4. The molecule has 27 heavy (non-hydrogen) atoms. The third-order valence-corrected chi connectivity index (χ3v) is 6.37. The summed E-state index contributed by atoms with van der Waals surface area (Å²) in [6.07, 6.45) is 9.49. The number of benzene rings is 1. The van der Waals surface area contributed by atoms with E-state index in [-0.39, 0.29) is 23.1 Å². The van der Waals surface area contributed by atoms with Crippen LogP contribution in [0.2, 0.25) is 0 Å². The van der Waals surface area contributed by atoms with E-state index in [1.54, 1.807) is 0 Å². The van der Waals surface area contributed by atoms with Crippen LogP contribution in [0.4, 0.5) is 15.3 Å². The minimum Gasteiger partial charge on any atom is -0.335 e. The number of carbonyl (C=O) groups excluding carboxylic acids is 2. The number of hydrogen-bond donors (Lipinski definition) is 4. The van der Waals surface area contributed by atoms with E-state index in [1.807, 2.05) is 31.2 Å². The minimum atomic E-state index is -0.300. The van der Waals surface area contributed by atoms with Crippen LogP contribution < -0.4 is 21.3 Å². The van der Waals surface area contributed by atoms with Crippen molar-refractivity contribution in [2.24, 2.45) is 0 Å². The monoisotopic (exact) mass is 370 g/mol. The lowest BCUT2D eigenvalue weighted by molar-refractivity contribution is 0.217. The van der Waals surface area contributed by atoms with Crippen LogP contribution in [0.3, 0.4) is 0 Å². The predicted octanol–water partition coefficient (Wildman–Crippen LogP) is 3.81. The number of urea groups is 2. The van der Waals surface area contributed by atoms with E-state index in [4.69, 9.17) is 0 Å². The van der Waals surface area contributed by atoms with E-state index < -0.39 is 0 Å². The maximum Gasteiger partial charge on any atom is 0.319 e. The number of hydrogen-bond acceptors (Lipinski definition) is 2. The van der Waals surface area contributed by atoms with Gasteiger partial charge in [-0.3, -0.25) is 0 Å². The molecule has 146 valence electrons. The SMILES string of the molecule is Cc1ccc(NC(=O)NC2(C3(NC(=O)NC4CCCCC4)CC3)CC2)cc1. The summed E-state index contributed by atoms with van der Waals surface area (Å²) in [7, 11) is 0. The van der Waals surface area contributed by atoms with Gasteiger partial charge in [-0.15, -0.1) is 0 Å². The zero-order chi connectivity index (χ0) is 18.9. The van der Waals surface area contributed by atoms with Crippen LogP contribution in [0.25, 0.3) is 0 Å². The largest absolute Gasteiger partial charge is 0.335 e. The van der Waals surface area contributed by atoms with Crippen LogP contribution in [0, 0.1) is 6.92 Å². The second kappa shape index (κ2) is 7.06. The molecular weight excluding hydrogens is 340 g/mol. The van der Waals surface area contributed by atoms with E-state index in [1.165, 1.54) is 19.3 Å². The van der Waals surface area contributed by atoms with Gasteiger partial charge in [-0.2, -0.15) is 0 Å². The summed E-state index contributed by atoms with van der Waals surface area (Å²) in [5.41, 5.74) is 1.36.